The molecule has 0 spiro atoms. The lowest BCUT2D eigenvalue weighted by molar-refractivity contribution is 1.01. The summed E-state index contributed by atoms with van der Waals surface area (Å²) in [5.41, 5.74) is 23.2. The number of para-hydroxylation sites is 2. The van der Waals surface area contributed by atoms with Crippen LogP contribution in [0.15, 0.2) is 200 Å². The summed E-state index contributed by atoms with van der Waals surface area (Å²) in [5.74, 6) is 0. The van der Waals surface area contributed by atoms with E-state index < -0.39 is 0 Å². The molecule has 3 heteroatoms. The maximum atomic E-state index is 5.92. The third kappa shape index (κ3) is 7.98. The molecule has 0 saturated heterocycles. The second-order valence-electron chi connectivity index (χ2n) is 14.6. The summed E-state index contributed by atoms with van der Waals surface area (Å²) in [7, 11) is 0. The van der Waals surface area contributed by atoms with Gasteiger partial charge in [0.2, 0.25) is 0 Å². The Labute approximate surface area is 336 Å². The third-order valence-corrected chi connectivity index (χ3v) is 10.8. The molecule has 7 aromatic carbocycles. The van der Waals surface area contributed by atoms with Crippen LogP contribution in [0.2, 0.25) is 0 Å². The Kier molecular flexibility index (Phi) is 11.0. The molecule has 0 aliphatic heterocycles. The minimum atomic E-state index is 0.496. The van der Waals surface area contributed by atoms with Crippen molar-refractivity contribution in [3.05, 3.63) is 222 Å². The van der Waals surface area contributed by atoms with Crippen LogP contribution in [0.25, 0.3) is 61.0 Å². The van der Waals surface area contributed by atoms with Crippen molar-refractivity contribution in [3.63, 3.8) is 0 Å². The molecule has 57 heavy (non-hydrogen) atoms. The molecule has 2 N–H and O–H groups in total. The van der Waals surface area contributed by atoms with Gasteiger partial charge < -0.3 is 10.3 Å². The third-order valence-electron chi connectivity index (χ3n) is 10.8. The zero-order valence-electron chi connectivity index (χ0n) is 32.7. The lowest BCUT2D eigenvalue weighted by Crippen LogP contribution is -1.99. The van der Waals surface area contributed by atoms with Gasteiger partial charge in [-0.05, 0) is 119 Å². The number of fused-ring (bicyclic) bond motifs is 3. The van der Waals surface area contributed by atoms with Gasteiger partial charge in [-0.15, -0.1) is 0 Å². The standard InChI is InChI=1S/C54H47N3/c1-38-17-14-28-49(47-24-16-22-44(36-47)40(3)56-39(2)42-19-6-4-7-20-42)54(38)43(21-12-13-34-55)31-30-41-18-15-23-45(35-41)46-32-33-53-51(37-46)50-27-10-11-29-52(50)57(53)48-25-8-5-9-26-48/h4-29,32-33,35-37H,2,30-31,34,55H2,1,3H3/b13-12-,43-21+,56-40?. The molecule has 1 heterocycles. The first-order valence-corrected chi connectivity index (χ1v) is 19.7. The highest BCUT2D eigenvalue weighted by molar-refractivity contribution is 6.10. The smallest absolute Gasteiger partial charge is 0.0633 e. The van der Waals surface area contributed by atoms with Gasteiger partial charge in [-0.25, -0.2) is 0 Å². The maximum Gasteiger partial charge on any atom is 0.0633 e. The fourth-order valence-electron chi connectivity index (χ4n) is 7.96. The van der Waals surface area contributed by atoms with Gasteiger partial charge in [-0.1, -0.05) is 158 Å². The van der Waals surface area contributed by atoms with Crippen molar-refractivity contribution in [2.45, 2.75) is 26.7 Å². The Morgan fingerprint density at radius 3 is 2.16 bits per heavy atom. The first-order valence-electron chi connectivity index (χ1n) is 19.7. The molecular weight excluding hydrogens is 691 g/mol. The largest absolute Gasteiger partial charge is 0.327 e. The number of aliphatic imine (C=N–C) groups is 1. The van der Waals surface area contributed by atoms with Gasteiger partial charge in [-0.3, -0.25) is 4.99 Å². The molecule has 0 unspecified atom stereocenters. The number of nitrogens with two attached hydrogens (primary N) is 1. The molecule has 0 aliphatic rings. The van der Waals surface area contributed by atoms with Gasteiger partial charge in [0, 0.05) is 28.7 Å². The summed E-state index contributed by atoms with van der Waals surface area (Å²) in [6.45, 7) is 9.01. The number of aromatic nitrogens is 1. The van der Waals surface area contributed by atoms with Crippen molar-refractivity contribution in [1.82, 2.24) is 4.57 Å². The van der Waals surface area contributed by atoms with Crippen molar-refractivity contribution in [3.8, 4) is 27.9 Å². The predicted molar refractivity (Wildman–Crippen MR) is 245 cm³/mol. The van der Waals surface area contributed by atoms with Crippen molar-refractivity contribution < 1.29 is 0 Å². The number of aryl methyl sites for hydroxylation is 2. The Bertz CT molecular complexity index is 2800. The van der Waals surface area contributed by atoms with E-state index in [1.807, 2.05) is 36.4 Å². The van der Waals surface area contributed by atoms with Gasteiger partial charge in [0.15, 0.2) is 0 Å². The van der Waals surface area contributed by atoms with E-state index >= 15 is 0 Å². The zero-order chi connectivity index (χ0) is 39.1. The second-order valence-corrected chi connectivity index (χ2v) is 14.6. The van der Waals surface area contributed by atoms with E-state index in [-0.39, 0.29) is 0 Å². The Hall–Kier alpha value is -6.81. The van der Waals surface area contributed by atoms with E-state index in [4.69, 9.17) is 10.7 Å². The number of nitrogens with zero attached hydrogens (tertiary/aromatic N) is 2. The Morgan fingerprint density at radius 2 is 1.33 bits per heavy atom. The van der Waals surface area contributed by atoms with Crippen molar-refractivity contribution in [1.29, 1.82) is 0 Å². The van der Waals surface area contributed by atoms with E-state index in [1.165, 1.54) is 66.4 Å². The van der Waals surface area contributed by atoms with Gasteiger partial charge in [0.25, 0.3) is 0 Å². The first kappa shape index (κ1) is 37.1. The van der Waals surface area contributed by atoms with Gasteiger partial charge in [0.1, 0.15) is 0 Å². The highest BCUT2D eigenvalue weighted by Crippen LogP contribution is 2.37. The summed E-state index contributed by atoms with van der Waals surface area (Å²) < 4.78 is 2.37. The Morgan fingerprint density at radius 1 is 0.649 bits per heavy atom. The van der Waals surface area contributed by atoms with Crippen LogP contribution in [-0.4, -0.2) is 16.8 Å². The first-order chi connectivity index (χ1) is 28.0. The van der Waals surface area contributed by atoms with Crippen LogP contribution >= 0.6 is 0 Å². The van der Waals surface area contributed by atoms with E-state index in [2.05, 4.69) is 177 Å². The summed E-state index contributed by atoms with van der Waals surface area (Å²) in [4.78, 5) is 4.90. The van der Waals surface area contributed by atoms with E-state index in [9.17, 15) is 0 Å². The summed E-state index contributed by atoms with van der Waals surface area (Å²) >= 11 is 0. The van der Waals surface area contributed by atoms with Crippen LogP contribution < -0.4 is 5.73 Å². The van der Waals surface area contributed by atoms with Gasteiger partial charge in [-0.2, -0.15) is 0 Å². The van der Waals surface area contributed by atoms with E-state index in [0.717, 1.165) is 40.9 Å². The molecule has 8 aromatic rings. The highest BCUT2D eigenvalue weighted by Gasteiger charge is 2.16. The van der Waals surface area contributed by atoms with E-state index in [1.54, 1.807) is 0 Å². The molecule has 8 rings (SSSR count). The fourth-order valence-corrected chi connectivity index (χ4v) is 7.96. The second kappa shape index (κ2) is 16.9. The highest BCUT2D eigenvalue weighted by atomic mass is 15.0. The molecule has 0 atom stereocenters. The lowest BCUT2D eigenvalue weighted by Gasteiger charge is -2.18. The van der Waals surface area contributed by atoms with Crippen molar-refractivity contribution >= 4 is 38.8 Å². The van der Waals surface area contributed by atoms with Crippen LogP contribution in [0.1, 0.15) is 41.2 Å². The number of benzene rings is 7. The summed E-state index contributed by atoms with van der Waals surface area (Å²) in [6.07, 6.45) is 8.14. The molecule has 0 aliphatic carbocycles. The molecule has 3 nitrogen and oxygen atoms in total. The molecule has 1 aromatic heterocycles. The van der Waals surface area contributed by atoms with Crippen molar-refractivity contribution in [2.24, 2.45) is 10.7 Å². The number of hydrogen-bond donors (Lipinski definition) is 1. The maximum absolute atomic E-state index is 5.92. The fraction of sp³-hybridized carbons (Fsp3) is 0.0926. The molecule has 0 radical (unpaired) electrons. The van der Waals surface area contributed by atoms with Crippen LogP contribution in [-0.2, 0) is 6.42 Å². The van der Waals surface area contributed by atoms with E-state index in [0.29, 0.717) is 6.54 Å². The number of rotatable bonds is 12. The van der Waals surface area contributed by atoms with Gasteiger partial charge in [0.05, 0.1) is 16.7 Å². The molecule has 278 valence electrons. The van der Waals surface area contributed by atoms with Crippen molar-refractivity contribution in [2.75, 3.05) is 6.54 Å². The topological polar surface area (TPSA) is 43.3 Å². The summed E-state index contributed by atoms with van der Waals surface area (Å²) in [6, 6.07) is 60.7. The molecule has 0 saturated carbocycles. The number of allylic oxidation sites excluding steroid dienone is 3. The zero-order valence-corrected chi connectivity index (χ0v) is 32.7. The Balaban J connectivity index is 1.10. The summed E-state index contributed by atoms with van der Waals surface area (Å²) in [5, 5.41) is 2.52. The monoisotopic (exact) mass is 737 g/mol. The average Bonchev–Trinajstić information content (AvgIpc) is 3.59. The molecular formula is C54H47N3. The molecule has 0 fully saturated rings. The minimum absolute atomic E-state index is 0.496. The SMILES string of the molecule is C=C(N=C(C)c1cccc(-c2cccc(C)c2/C(=C/C=C\CN)CCc2cccc(-c3ccc4c(c3)c3ccccc3n4-c3ccccc3)c2)c1)c1ccccc1. The quantitative estimate of drug-likeness (QED) is 0.0984. The normalized spacial score (nSPS) is 12.2. The average molecular weight is 738 g/mol. The number of hydrogen-bond acceptors (Lipinski definition) is 2. The minimum Gasteiger partial charge on any atom is -0.327 e. The van der Waals surface area contributed by atoms with Gasteiger partial charge >= 0.3 is 0 Å². The van der Waals surface area contributed by atoms with Crippen LogP contribution in [0.4, 0.5) is 0 Å². The van der Waals surface area contributed by atoms with Crippen LogP contribution in [0.5, 0.6) is 0 Å². The molecule has 0 amide bonds. The predicted octanol–water partition coefficient (Wildman–Crippen LogP) is 13.4. The van der Waals surface area contributed by atoms with Crippen LogP contribution in [0, 0.1) is 6.92 Å². The van der Waals surface area contributed by atoms with Crippen LogP contribution in [0.3, 0.4) is 0 Å². The lowest BCUT2D eigenvalue weighted by atomic mass is 9.87. The molecule has 0 bridgehead atoms.